The van der Waals surface area contributed by atoms with Crippen molar-refractivity contribution in [2.45, 2.75) is 43.4 Å². The van der Waals surface area contributed by atoms with Gasteiger partial charge in [-0.3, -0.25) is 4.79 Å². The molecule has 6 N–H and O–H groups in total. The van der Waals surface area contributed by atoms with E-state index in [1.54, 1.807) is 18.2 Å². The average Bonchev–Trinajstić information content (AvgIpc) is 3.23. The Balaban J connectivity index is 1.62. The fourth-order valence-corrected chi connectivity index (χ4v) is 5.00. The minimum Gasteiger partial charge on any atom is -0.504 e. The molecule has 0 aliphatic carbocycles. The lowest BCUT2D eigenvalue weighted by atomic mass is 9.83. The molecule has 37 heavy (non-hydrogen) atoms. The van der Waals surface area contributed by atoms with Crippen LogP contribution in [0, 0.1) is 11.8 Å². The molecule has 202 valence electrons. The van der Waals surface area contributed by atoms with Gasteiger partial charge in [0, 0.05) is 11.5 Å². The summed E-state index contributed by atoms with van der Waals surface area (Å²) in [6, 6.07) is 8.08. The Morgan fingerprint density at radius 2 is 1.62 bits per heavy atom. The number of phenolic OH excluding ortho intramolecular Hbond substituents is 2. The van der Waals surface area contributed by atoms with Crippen molar-refractivity contribution in [1.29, 1.82) is 0 Å². The zero-order valence-corrected chi connectivity index (χ0v) is 20.5. The number of rotatable bonds is 8. The number of methoxy groups -OCH3 is 2. The Kier molecular flexibility index (Phi) is 8.10. The maximum Gasteiger partial charge on any atom is 0.309 e. The molecule has 0 aromatic heterocycles. The quantitative estimate of drug-likeness (QED) is 0.262. The van der Waals surface area contributed by atoms with Crippen LogP contribution in [0.1, 0.15) is 22.8 Å². The fraction of sp³-hybridized carbons (Fsp3) is 0.500. The minimum absolute atomic E-state index is 0.0125. The highest BCUT2D eigenvalue weighted by Gasteiger charge is 2.45. The number of benzene rings is 2. The molecular formula is C26H32O11. The van der Waals surface area contributed by atoms with E-state index in [-0.39, 0.29) is 47.7 Å². The van der Waals surface area contributed by atoms with Gasteiger partial charge >= 0.3 is 5.97 Å². The lowest BCUT2D eigenvalue weighted by molar-refractivity contribution is -0.232. The third kappa shape index (κ3) is 5.32. The first-order valence-corrected chi connectivity index (χ1v) is 11.9. The molecule has 2 aromatic carbocycles. The molecular weight excluding hydrogens is 488 g/mol. The summed E-state index contributed by atoms with van der Waals surface area (Å²) in [5.41, 5.74) is 1.52. The second-order valence-electron chi connectivity index (χ2n) is 9.40. The largest absolute Gasteiger partial charge is 0.504 e. The van der Waals surface area contributed by atoms with Gasteiger partial charge in [-0.25, -0.2) is 0 Å². The smallest absolute Gasteiger partial charge is 0.309 e. The van der Waals surface area contributed by atoms with E-state index < -0.39 is 43.0 Å². The summed E-state index contributed by atoms with van der Waals surface area (Å²) in [5.74, 6) is -1.02. The summed E-state index contributed by atoms with van der Waals surface area (Å²) in [7, 11) is 2.80. The Morgan fingerprint density at radius 1 is 0.919 bits per heavy atom. The number of hydrogen-bond acceptors (Lipinski definition) is 11. The predicted octanol–water partition coefficient (Wildman–Crippen LogP) is 0.204. The first-order valence-electron chi connectivity index (χ1n) is 11.9. The van der Waals surface area contributed by atoms with E-state index in [1.165, 1.54) is 26.4 Å². The molecule has 0 amide bonds. The predicted molar refractivity (Wildman–Crippen MR) is 127 cm³/mol. The van der Waals surface area contributed by atoms with Gasteiger partial charge in [0.15, 0.2) is 23.0 Å². The number of hydrogen-bond donors (Lipinski definition) is 6. The van der Waals surface area contributed by atoms with E-state index in [9.17, 15) is 35.4 Å². The third-order valence-electron chi connectivity index (χ3n) is 7.09. The molecule has 2 aliphatic rings. The number of carbonyl (C=O) groups excluding carboxylic acids is 1. The minimum atomic E-state index is -1.62. The number of phenols is 2. The molecule has 2 aromatic rings. The summed E-state index contributed by atoms with van der Waals surface area (Å²) in [4.78, 5) is 12.7. The van der Waals surface area contributed by atoms with Crippen molar-refractivity contribution in [2.75, 3.05) is 27.4 Å². The standard InChI is InChI=1S/C26H32O11/c1-34-18-8-12(3-4-17(18)28)5-14-11-36-26(33)15(14)6-13-7-16(21(29)19(9-13)35-2)25-24(32)23(31)22(30)20(10-27)37-25/h3-4,7-9,14-15,20,22-25,27-32H,5-6,10-11H2,1-2H3/t14-,15-,20-,22+,23+,24-,25-/m0/s1. The number of cyclic esters (lactones) is 1. The van der Waals surface area contributed by atoms with Crippen LogP contribution in [0.25, 0.3) is 0 Å². The second-order valence-corrected chi connectivity index (χ2v) is 9.40. The maximum atomic E-state index is 12.7. The highest BCUT2D eigenvalue weighted by molar-refractivity contribution is 5.75. The Hall–Kier alpha value is -3.09. The van der Waals surface area contributed by atoms with Gasteiger partial charge in [-0.2, -0.15) is 0 Å². The third-order valence-corrected chi connectivity index (χ3v) is 7.09. The zero-order chi connectivity index (χ0) is 26.9. The van der Waals surface area contributed by atoms with E-state index in [0.29, 0.717) is 17.7 Å². The number of esters is 1. The van der Waals surface area contributed by atoms with Crippen LogP contribution in [0.5, 0.6) is 23.0 Å². The molecule has 7 atom stereocenters. The van der Waals surface area contributed by atoms with E-state index in [1.807, 2.05) is 0 Å². The summed E-state index contributed by atoms with van der Waals surface area (Å²) < 4.78 is 21.4. The Labute approximate surface area is 213 Å². The summed E-state index contributed by atoms with van der Waals surface area (Å²) >= 11 is 0. The van der Waals surface area contributed by atoms with Gasteiger partial charge in [0.25, 0.3) is 0 Å². The van der Waals surface area contributed by atoms with Crippen LogP contribution in [0.15, 0.2) is 30.3 Å². The van der Waals surface area contributed by atoms with Crippen LogP contribution < -0.4 is 9.47 Å². The fourth-order valence-electron chi connectivity index (χ4n) is 5.00. The van der Waals surface area contributed by atoms with Crippen LogP contribution in [-0.2, 0) is 27.1 Å². The number of aliphatic hydroxyl groups excluding tert-OH is 4. The first-order chi connectivity index (χ1) is 17.7. The molecule has 2 saturated heterocycles. The molecule has 0 spiro atoms. The van der Waals surface area contributed by atoms with Crippen molar-refractivity contribution < 1.29 is 54.4 Å². The number of aromatic hydroxyl groups is 2. The monoisotopic (exact) mass is 520 g/mol. The normalized spacial score (nSPS) is 29.7. The Bertz CT molecular complexity index is 1120. The SMILES string of the molecule is COc1cc(C[C@H]2COC(=O)[C@H]2Cc2cc(OC)c(O)c([C@@H]3O[C@@H](CO)[C@@H](O)[C@@H](O)[C@@H]3O)c2)ccc1O. The highest BCUT2D eigenvalue weighted by Crippen LogP contribution is 2.42. The van der Waals surface area contributed by atoms with Gasteiger partial charge in [0.05, 0.1) is 33.4 Å². The molecule has 0 saturated carbocycles. The van der Waals surface area contributed by atoms with Crippen LogP contribution >= 0.6 is 0 Å². The van der Waals surface area contributed by atoms with Gasteiger partial charge in [-0.15, -0.1) is 0 Å². The van der Waals surface area contributed by atoms with Crippen molar-refractivity contribution in [3.05, 3.63) is 47.0 Å². The van der Waals surface area contributed by atoms with Crippen molar-refractivity contribution in [3.63, 3.8) is 0 Å². The molecule has 11 heteroatoms. The summed E-state index contributed by atoms with van der Waals surface area (Å²) in [6.45, 7) is -0.405. The van der Waals surface area contributed by atoms with Gasteiger partial charge in [0.1, 0.15) is 30.5 Å². The number of ether oxygens (including phenoxy) is 4. The topological polar surface area (TPSA) is 175 Å². The van der Waals surface area contributed by atoms with E-state index in [0.717, 1.165) is 5.56 Å². The molecule has 4 rings (SSSR count). The first kappa shape index (κ1) is 27.0. The maximum absolute atomic E-state index is 12.7. The zero-order valence-electron chi connectivity index (χ0n) is 20.5. The average molecular weight is 521 g/mol. The molecule has 0 unspecified atom stereocenters. The van der Waals surface area contributed by atoms with E-state index in [2.05, 4.69) is 0 Å². The summed E-state index contributed by atoms with van der Waals surface area (Å²) in [6.07, 6.45) is -6.49. The van der Waals surface area contributed by atoms with E-state index in [4.69, 9.17) is 18.9 Å². The van der Waals surface area contributed by atoms with Gasteiger partial charge in [-0.1, -0.05) is 6.07 Å². The molecule has 2 fully saturated rings. The molecule has 0 bridgehead atoms. The molecule has 0 radical (unpaired) electrons. The lowest BCUT2D eigenvalue weighted by Crippen LogP contribution is -2.55. The van der Waals surface area contributed by atoms with Crippen molar-refractivity contribution >= 4 is 5.97 Å². The second kappa shape index (κ2) is 11.1. The van der Waals surface area contributed by atoms with Crippen molar-refractivity contribution in [2.24, 2.45) is 11.8 Å². The van der Waals surface area contributed by atoms with Crippen LogP contribution in [0.3, 0.4) is 0 Å². The van der Waals surface area contributed by atoms with Gasteiger partial charge in [-0.05, 0) is 48.2 Å². The Morgan fingerprint density at radius 3 is 2.30 bits per heavy atom. The lowest BCUT2D eigenvalue weighted by Gasteiger charge is -2.40. The van der Waals surface area contributed by atoms with Crippen LogP contribution in [0.4, 0.5) is 0 Å². The van der Waals surface area contributed by atoms with E-state index >= 15 is 0 Å². The van der Waals surface area contributed by atoms with Gasteiger partial charge in [0.2, 0.25) is 0 Å². The molecule has 2 heterocycles. The van der Waals surface area contributed by atoms with Gasteiger partial charge < -0.3 is 49.6 Å². The molecule has 11 nitrogen and oxygen atoms in total. The summed E-state index contributed by atoms with van der Waals surface area (Å²) in [5, 5.41) is 61.1. The van der Waals surface area contributed by atoms with Crippen molar-refractivity contribution in [3.8, 4) is 23.0 Å². The van der Waals surface area contributed by atoms with Crippen molar-refractivity contribution in [1.82, 2.24) is 0 Å². The molecule has 2 aliphatic heterocycles. The van der Waals surface area contributed by atoms with Crippen LogP contribution in [0.2, 0.25) is 0 Å². The van der Waals surface area contributed by atoms with Crippen LogP contribution in [-0.4, -0.2) is 88.5 Å². The number of aliphatic hydroxyl groups is 4. The highest BCUT2D eigenvalue weighted by atomic mass is 16.5. The number of carbonyl (C=O) groups is 1.